The molecule has 1 unspecified atom stereocenters. The first-order valence-electron chi connectivity index (χ1n) is 10.8. The van der Waals surface area contributed by atoms with Crippen LogP contribution in [0.5, 0.6) is 0 Å². The van der Waals surface area contributed by atoms with Gasteiger partial charge in [-0.3, -0.25) is 4.99 Å². The summed E-state index contributed by atoms with van der Waals surface area (Å²) in [5, 5.41) is 14.3. The second-order valence-corrected chi connectivity index (χ2v) is 11.1. The Bertz CT molecular complexity index is 1530. The van der Waals surface area contributed by atoms with E-state index in [9.17, 15) is 17.6 Å². The number of nitrogens with zero attached hydrogens (tertiary/aromatic N) is 3. The monoisotopic (exact) mass is 603 g/mol. The fourth-order valence-corrected chi connectivity index (χ4v) is 5.69. The first-order valence-corrected chi connectivity index (χ1v) is 14.0. The fraction of sp³-hybridized carbons (Fsp3) is 0.167. The van der Waals surface area contributed by atoms with E-state index in [1.54, 1.807) is 18.5 Å². The van der Waals surface area contributed by atoms with Crippen LogP contribution in [0.2, 0.25) is 0 Å². The summed E-state index contributed by atoms with van der Waals surface area (Å²) in [5.74, 6) is -0.867. The van der Waals surface area contributed by atoms with E-state index in [1.165, 1.54) is 53.8 Å². The van der Waals surface area contributed by atoms with Gasteiger partial charge in [0.1, 0.15) is 11.9 Å². The third-order valence-corrected chi connectivity index (χ3v) is 8.13. The van der Waals surface area contributed by atoms with Gasteiger partial charge < -0.3 is 10.1 Å². The molecule has 0 saturated heterocycles. The highest BCUT2D eigenvalue weighted by molar-refractivity contribution is 9.10. The minimum Gasteiger partial charge on any atom is -0.463 e. The van der Waals surface area contributed by atoms with E-state index in [2.05, 4.69) is 35.9 Å². The second kappa shape index (κ2) is 11.3. The highest BCUT2D eigenvalue weighted by atomic mass is 79.9. The Hall–Kier alpha value is -3.44. The normalized spacial score (nSPS) is 15.5. The zero-order valence-electron chi connectivity index (χ0n) is 19.2. The Labute approximate surface area is 224 Å². The molecular weight excluding hydrogens is 585 g/mol. The zero-order valence-corrected chi connectivity index (χ0v) is 22.5. The van der Waals surface area contributed by atoms with Gasteiger partial charge in [0.2, 0.25) is 10.0 Å². The number of aliphatic imine (C=N–C) groups is 1. The molecule has 37 heavy (non-hydrogen) atoms. The smallest absolute Gasteiger partial charge is 0.338 e. The Balaban J connectivity index is 1.78. The number of carbonyl (C=O) groups excluding carboxylic acids is 1. The molecule has 1 aliphatic heterocycles. The van der Waals surface area contributed by atoms with E-state index in [0.717, 1.165) is 0 Å². The first kappa shape index (κ1) is 26.6. The Morgan fingerprint density at radius 1 is 1.30 bits per heavy atom. The van der Waals surface area contributed by atoms with Crippen molar-refractivity contribution in [2.75, 3.05) is 13.2 Å². The van der Waals surface area contributed by atoms with Gasteiger partial charge >= 0.3 is 5.97 Å². The number of sulfonamides is 1. The Kier molecular flexibility index (Phi) is 8.13. The number of hydrogen-bond donors (Lipinski definition) is 2. The predicted molar refractivity (Wildman–Crippen MR) is 139 cm³/mol. The SMILES string of the molecule is CCOC(=O)C1=C(CNS(=O)(=O)c2ccc(C#N)cc2)NC(c2nccs2)=NC1c1ccc(F)cc1Br. The highest BCUT2D eigenvalue weighted by Gasteiger charge is 2.34. The van der Waals surface area contributed by atoms with Crippen LogP contribution in [0.4, 0.5) is 4.39 Å². The molecule has 0 saturated carbocycles. The molecule has 1 aromatic heterocycles. The molecule has 2 N–H and O–H groups in total. The molecule has 1 atom stereocenters. The lowest BCUT2D eigenvalue weighted by Crippen LogP contribution is -2.39. The molecule has 2 heterocycles. The largest absolute Gasteiger partial charge is 0.463 e. The van der Waals surface area contributed by atoms with Crippen LogP contribution in [0.25, 0.3) is 0 Å². The maximum atomic E-state index is 13.8. The molecule has 0 amide bonds. The van der Waals surface area contributed by atoms with Crippen molar-refractivity contribution in [3.63, 3.8) is 0 Å². The van der Waals surface area contributed by atoms with E-state index < -0.39 is 27.9 Å². The van der Waals surface area contributed by atoms with Crippen LogP contribution in [-0.4, -0.2) is 38.4 Å². The minimum atomic E-state index is -4.01. The van der Waals surface area contributed by atoms with E-state index in [1.807, 2.05) is 6.07 Å². The van der Waals surface area contributed by atoms with E-state index in [0.29, 0.717) is 26.4 Å². The van der Waals surface area contributed by atoms with Gasteiger partial charge in [0.15, 0.2) is 10.8 Å². The summed E-state index contributed by atoms with van der Waals surface area (Å²) in [6.07, 6.45) is 1.59. The average Bonchev–Trinajstić information content (AvgIpc) is 3.42. The van der Waals surface area contributed by atoms with E-state index in [4.69, 9.17) is 10.00 Å². The minimum absolute atomic E-state index is 0.0489. The number of benzene rings is 2. The Morgan fingerprint density at radius 2 is 2.05 bits per heavy atom. The number of esters is 1. The molecular formula is C24H19BrFN5O4S2. The van der Waals surface area contributed by atoms with Crippen LogP contribution in [0, 0.1) is 17.1 Å². The average molecular weight is 604 g/mol. The lowest BCUT2D eigenvalue weighted by atomic mass is 9.95. The molecule has 13 heteroatoms. The topological polar surface area (TPSA) is 134 Å². The second-order valence-electron chi connectivity index (χ2n) is 7.58. The number of hydrogen-bond acceptors (Lipinski definition) is 9. The number of halogens is 2. The van der Waals surface area contributed by atoms with Gasteiger partial charge in [-0.1, -0.05) is 22.0 Å². The lowest BCUT2D eigenvalue weighted by Gasteiger charge is -2.27. The van der Waals surface area contributed by atoms with Crippen molar-refractivity contribution in [2.45, 2.75) is 17.9 Å². The van der Waals surface area contributed by atoms with Crippen molar-refractivity contribution in [3.8, 4) is 6.07 Å². The zero-order chi connectivity index (χ0) is 26.6. The Morgan fingerprint density at radius 3 is 2.68 bits per heavy atom. The molecule has 2 aromatic carbocycles. The standard InChI is InChI=1S/C24H19BrFN5O4S2/c1-2-35-24(32)20-19(13-29-37(33,34)16-6-3-14(12-27)4-7-16)30-22(23-28-9-10-36-23)31-21(20)17-8-5-15(26)11-18(17)25/h3-11,21,29H,2,13H2,1H3,(H,30,31). The molecule has 190 valence electrons. The van der Waals surface area contributed by atoms with Gasteiger partial charge in [-0.2, -0.15) is 5.26 Å². The van der Waals surface area contributed by atoms with Crippen LogP contribution in [0.3, 0.4) is 0 Å². The third kappa shape index (κ3) is 5.94. The lowest BCUT2D eigenvalue weighted by molar-refractivity contribution is -0.139. The molecule has 0 radical (unpaired) electrons. The molecule has 0 bridgehead atoms. The number of ether oxygens (including phenoxy) is 1. The molecule has 0 fully saturated rings. The summed E-state index contributed by atoms with van der Waals surface area (Å²) in [5.41, 5.74) is 1.07. The van der Waals surface area contributed by atoms with Gasteiger partial charge in [-0.05, 0) is 48.9 Å². The van der Waals surface area contributed by atoms with E-state index >= 15 is 0 Å². The van der Waals surface area contributed by atoms with Gasteiger partial charge in [-0.15, -0.1) is 11.3 Å². The summed E-state index contributed by atoms with van der Waals surface area (Å²) in [7, 11) is -4.01. The fourth-order valence-electron chi connectivity index (χ4n) is 3.54. The maximum Gasteiger partial charge on any atom is 0.338 e. The van der Waals surface area contributed by atoms with Crippen molar-refractivity contribution in [1.29, 1.82) is 5.26 Å². The van der Waals surface area contributed by atoms with Gasteiger partial charge in [-0.25, -0.2) is 27.3 Å². The molecule has 1 aliphatic rings. The number of carbonyl (C=O) groups is 1. The number of aromatic nitrogens is 1. The van der Waals surface area contributed by atoms with Crippen molar-refractivity contribution < 1.29 is 22.3 Å². The number of rotatable bonds is 8. The van der Waals surface area contributed by atoms with Crippen molar-refractivity contribution in [2.24, 2.45) is 4.99 Å². The van der Waals surface area contributed by atoms with Gasteiger partial charge in [0, 0.05) is 21.7 Å². The molecule has 9 nitrogen and oxygen atoms in total. The van der Waals surface area contributed by atoms with Crippen molar-refractivity contribution >= 4 is 49.1 Å². The number of nitriles is 1. The van der Waals surface area contributed by atoms with Gasteiger partial charge in [0.05, 0.1) is 35.3 Å². The summed E-state index contributed by atoms with van der Waals surface area (Å²) in [4.78, 5) is 22.0. The van der Waals surface area contributed by atoms with Crippen LogP contribution in [0.15, 0.2) is 79.7 Å². The molecule has 4 rings (SSSR count). The number of thiazole rings is 1. The number of nitrogens with one attached hydrogen (secondary N) is 2. The van der Waals surface area contributed by atoms with Crippen LogP contribution >= 0.6 is 27.3 Å². The van der Waals surface area contributed by atoms with Crippen LogP contribution in [-0.2, 0) is 19.6 Å². The summed E-state index contributed by atoms with van der Waals surface area (Å²) in [6.45, 7) is 1.41. The van der Waals surface area contributed by atoms with Crippen LogP contribution in [0.1, 0.15) is 29.1 Å². The molecule has 0 spiro atoms. The number of amidine groups is 1. The quantitative estimate of drug-likeness (QED) is 0.374. The molecule has 3 aromatic rings. The summed E-state index contributed by atoms with van der Waals surface area (Å²) >= 11 is 4.65. The highest BCUT2D eigenvalue weighted by Crippen LogP contribution is 2.36. The first-order chi connectivity index (χ1) is 17.7. The van der Waals surface area contributed by atoms with E-state index in [-0.39, 0.29) is 29.3 Å². The predicted octanol–water partition coefficient (Wildman–Crippen LogP) is 3.80. The summed E-state index contributed by atoms with van der Waals surface area (Å²) < 4.78 is 47.9. The van der Waals surface area contributed by atoms with Gasteiger partial charge in [0.25, 0.3) is 0 Å². The van der Waals surface area contributed by atoms with Crippen molar-refractivity contribution in [3.05, 3.63) is 91.7 Å². The third-order valence-electron chi connectivity index (χ3n) is 5.25. The summed E-state index contributed by atoms with van der Waals surface area (Å²) in [6, 6.07) is 10.4. The van der Waals surface area contributed by atoms with Crippen molar-refractivity contribution in [1.82, 2.24) is 15.0 Å². The molecule has 0 aliphatic carbocycles. The van der Waals surface area contributed by atoms with Crippen LogP contribution < -0.4 is 10.0 Å². The maximum absolute atomic E-state index is 13.8.